The Balaban J connectivity index is 2.13. The zero-order valence-electron chi connectivity index (χ0n) is 10.5. The van der Waals surface area contributed by atoms with Crippen molar-refractivity contribution in [1.82, 2.24) is 9.97 Å². The maximum absolute atomic E-state index is 5.66. The molecule has 1 aliphatic heterocycles. The van der Waals surface area contributed by atoms with E-state index >= 15 is 0 Å². The van der Waals surface area contributed by atoms with Crippen molar-refractivity contribution in [3.05, 3.63) is 11.8 Å². The van der Waals surface area contributed by atoms with Crippen molar-refractivity contribution in [2.75, 3.05) is 30.3 Å². The van der Waals surface area contributed by atoms with Crippen molar-refractivity contribution >= 4 is 11.8 Å². The molecule has 0 bridgehead atoms. The van der Waals surface area contributed by atoms with Gasteiger partial charge in [-0.15, -0.1) is 0 Å². The van der Waals surface area contributed by atoms with E-state index in [2.05, 4.69) is 21.8 Å². The number of aromatic nitrogens is 2. The number of hydrogen-bond donors (Lipinski definition) is 1. The first-order valence-electron chi connectivity index (χ1n) is 6.16. The normalized spacial score (nSPS) is 19.5. The lowest BCUT2D eigenvalue weighted by molar-refractivity contribution is 0.115. The van der Waals surface area contributed by atoms with Crippen LogP contribution in [0, 0.1) is 6.92 Å². The number of nitrogens with two attached hydrogens (primary N) is 1. The average molecular weight is 236 g/mol. The Kier molecular flexibility index (Phi) is 3.78. The molecule has 2 rings (SSSR count). The van der Waals surface area contributed by atoms with Crippen LogP contribution in [0.1, 0.15) is 25.3 Å². The van der Waals surface area contributed by atoms with Gasteiger partial charge in [0.1, 0.15) is 5.82 Å². The van der Waals surface area contributed by atoms with E-state index in [0.717, 1.165) is 43.9 Å². The van der Waals surface area contributed by atoms with Crippen LogP contribution < -0.4 is 10.6 Å². The van der Waals surface area contributed by atoms with Gasteiger partial charge in [0, 0.05) is 31.5 Å². The molecule has 5 heteroatoms. The van der Waals surface area contributed by atoms with E-state index in [-0.39, 0.29) is 0 Å². The highest BCUT2D eigenvalue weighted by atomic mass is 16.5. The fourth-order valence-electron chi connectivity index (χ4n) is 2.17. The number of ether oxygens (including phenoxy) is 1. The highest BCUT2D eigenvalue weighted by Crippen LogP contribution is 2.20. The van der Waals surface area contributed by atoms with E-state index in [1.54, 1.807) is 6.20 Å². The minimum atomic E-state index is 0.325. The molecule has 1 atom stereocenters. The van der Waals surface area contributed by atoms with E-state index in [4.69, 9.17) is 10.5 Å². The van der Waals surface area contributed by atoms with Crippen molar-refractivity contribution in [3.63, 3.8) is 0 Å². The Morgan fingerprint density at radius 3 is 3.06 bits per heavy atom. The molecule has 0 aromatic carbocycles. The van der Waals surface area contributed by atoms with Crippen LogP contribution in [0.15, 0.2) is 6.20 Å². The lowest BCUT2D eigenvalue weighted by Gasteiger charge is -2.26. The summed E-state index contributed by atoms with van der Waals surface area (Å²) in [7, 11) is 0. The molecule has 0 saturated carbocycles. The number of aryl methyl sites for hydroxylation is 1. The number of rotatable bonds is 4. The first-order chi connectivity index (χ1) is 8.20. The molecule has 0 aliphatic carbocycles. The standard InChI is InChI=1S/C12H20N4O/c1-3-16(8-10-5-4-6-17-10)11-9(2)7-14-12(13)15-11/h7,10H,3-6,8H2,1-2H3,(H2,13,14,15). The fourth-order valence-corrected chi connectivity index (χ4v) is 2.17. The van der Waals surface area contributed by atoms with Crippen LogP contribution in [0.5, 0.6) is 0 Å². The summed E-state index contributed by atoms with van der Waals surface area (Å²) >= 11 is 0. The first-order valence-corrected chi connectivity index (χ1v) is 6.16. The summed E-state index contributed by atoms with van der Waals surface area (Å²) < 4.78 is 5.66. The number of hydrogen-bond acceptors (Lipinski definition) is 5. The van der Waals surface area contributed by atoms with Gasteiger partial charge in [0.15, 0.2) is 0 Å². The summed E-state index contributed by atoms with van der Waals surface area (Å²) in [6.45, 7) is 6.79. The van der Waals surface area contributed by atoms with Crippen molar-refractivity contribution < 1.29 is 4.74 Å². The highest BCUT2D eigenvalue weighted by molar-refractivity contribution is 5.47. The molecule has 94 valence electrons. The maximum atomic E-state index is 5.66. The molecule has 1 aromatic rings. The van der Waals surface area contributed by atoms with Gasteiger partial charge in [-0.3, -0.25) is 0 Å². The SMILES string of the molecule is CCN(CC1CCCO1)c1nc(N)ncc1C. The molecule has 1 aromatic heterocycles. The molecule has 1 saturated heterocycles. The highest BCUT2D eigenvalue weighted by Gasteiger charge is 2.20. The Morgan fingerprint density at radius 1 is 1.59 bits per heavy atom. The van der Waals surface area contributed by atoms with Crippen LogP contribution in [0.2, 0.25) is 0 Å². The summed E-state index contributed by atoms with van der Waals surface area (Å²) in [4.78, 5) is 10.5. The van der Waals surface area contributed by atoms with Crippen LogP contribution in [0.4, 0.5) is 11.8 Å². The smallest absolute Gasteiger partial charge is 0.221 e. The van der Waals surface area contributed by atoms with Gasteiger partial charge in [0.25, 0.3) is 0 Å². The van der Waals surface area contributed by atoms with E-state index in [1.807, 2.05) is 6.92 Å². The molecule has 0 amide bonds. The van der Waals surface area contributed by atoms with Crippen LogP contribution in [-0.2, 0) is 4.74 Å². The minimum absolute atomic E-state index is 0.325. The summed E-state index contributed by atoms with van der Waals surface area (Å²) in [5.41, 5.74) is 6.70. The van der Waals surface area contributed by atoms with Crippen LogP contribution in [0.3, 0.4) is 0 Å². The molecule has 1 aliphatic rings. The van der Waals surface area contributed by atoms with Crippen LogP contribution in [-0.4, -0.2) is 35.8 Å². The van der Waals surface area contributed by atoms with E-state index in [9.17, 15) is 0 Å². The Bertz CT molecular complexity index is 377. The third kappa shape index (κ3) is 2.85. The molecule has 0 spiro atoms. The summed E-state index contributed by atoms with van der Waals surface area (Å²) in [5.74, 6) is 1.26. The number of likely N-dealkylation sites (N-methyl/N-ethyl adjacent to an activating group) is 1. The zero-order valence-corrected chi connectivity index (χ0v) is 10.5. The molecule has 17 heavy (non-hydrogen) atoms. The molecule has 1 fully saturated rings. The van der Waals surface area contributed by atoms with Crippen molar-refractivity contribution in [1.29, 1.82) is 0 Å². The second-order valence-corrected chi connectivity index (χ2v) is 4.41. The van der Waals surface area contributed by atoms with Crippen molar-refractivity contribution in [3.8, 4) is 0 Å². The molecular formula is C12H20N4O. The van der Waals surface area contributed by atoms with E-state index in [1.165, 1.54) is 0 Å². The third-order valence-corrected chi connectivity index (χ3v) is 3.09. The third-order valence-electron chi connectivity index (χ3n) is 3.09. The molecule has 2 N–H and O–H groups in total. The first kappa shape index (κ1) is 12.1. The van der Waals surface area contributed by atoms with Gasteiger partial charge < -0.3 is 15.4 Å². The van der Waals surface area contributed by atoms with Gasteiger partial charge in [-0.05, 0) is 26.7 Å². The minimum Gasteiger partial charge on any atom is -0.376 e. The second-order valence-electron chi connectivity index (χ2n) is 4.41. The van der Waals surface area contributed by atoms with Crippen molar-refractivity contribution in [2.24, 2.45) is 0 Å². The van der Waals surface area contributed by atoms with Crippen LogP contribution in [0.25, 0.3) is 0 Å². The van der Waals surface area contributed by atoms with Gasteiger partial charge >= 0.3 is 0 Å². The lowest BCUT2D eigenvalue weighted by Crippen LogP contribution is -2.33. The fraction of sp³-hybridized carbons (Fsp3) is 0.667. The zero-order chi connectivity index (χ0) is 12.3. The number of nitrogens with zero attached hydrogens (tertiary/aromatic N) is 3. The number of nitrogen functional groups attached to an aromatic ring is 1. The summed E-state index contributed by atoms with van der Waals surface area (Å²) in [6, 6.07) is 0. The lowest BCUT2D eigenvalue weighted by atomic mass is 10.2. The summed E-state index contributed by atoms with van der Waals surface area (Å²) in [6.07, 6.45) is 4.39. The van der Waals surface area contributed by atoms with Gasteiger partial charge in [-0.2, -0.15) is 4.98 Å². The molecule has 0 radical (unpaired) electrons. The van der Waals surface area contributed by atoms with Gasteiger partial charge in [0.2, 0.25) is 5.95 Å². The molecule has 5 nitrogen and oxygen atoms in total. The summed E-state index contributed by atoms with van der Waals surface area (Å²) in [5, 5.41) is 0. The molecule has 2 heterocycles. The van der Waals surface area contributed by atoms with E-state index < -0.39 is 0 Å². The average Bonchev–Trinajstić information content (AvgIpc) is 2.82. The van der Waals surface area contributed by atoms with Gasteiger partial charge in [-0.25, -0.2) is 4.98 Å². The topological polar surface area (TPSA) is 64.3 Å². The monoisotopic (exact) mass is 236 g/mol. The van der Waals surface area contributed by atoms with Crippen molar-refractivity contribution in [2.45, 2.75) is 32.8 Å². The van der Waals surface area contributed by atoms with Gasteiger partial charge in [0.05, 0.1) is 6.10 Å². The van der Waals surface area contributed by atoms with Gasteiger partial charge in [-0.1, -0.05) is 0 Å². The maximum Gasteiger partial charge on any atom is 0.221 e. The number of anilines is 2. The predicted molar refractivity (Wildman–Crippen MR) is 68.0 cm³/mol. The predicted octanol–water partition coefficient (Wildman–Crippen LogP) is 1.37. The molecule has 1 unspecified atom stereocenters. The Hall–Kier alpha value is -1.36. The second kappa shape index (κ2) is 5.31. The van der Waals surface area contributed by atoms with E-state index in [0.29, 0.717) is 12.1 Å². The Labute approximate surface area is 102 Å². The Morgan fingerprint density at radius 2 is 2.41 bits per heavy atom. The molecular weight excluding hydrogens is 216 g/mol. The quantitative estimate of drug-likeness (QED) is 0.855. The van der Waals surface area contributed by atoms with Crippen LogP contribution >= 0.6 is 0 Å². The largest absolute Gasteiger partial charge is 0.376 e.